The number of nitrogens with zero attached hydrogens (tertiary/aromatic N) is 1. The summed E-state index contributed by atoms with van der Waals surface area (Å²) in [6.07, 6.45) is 1.45. The molecule has 0 saturated carbocycles. The Hall–Kier alpha value is -4.27. The van der Waals surface area contributed by atoms with E-state index in [-0.39, 0.29) is 22.7 Å². The molecule has 0 radical (unpaired) electrons. The van der Waals surface area contributed by atoms with Gasteiger partial charge < -0.3 is 10.1 Å². The van der Waals surface area contributed by atoms with Gasteiger partial charge in [0.2, 0.25) is 0 Å². The molecule has 3 amide bonds. The van der Waals surface area contributed by atoms with E-state index in [2.05, 4.69) is 21.2 Å². The number of carbonyl (C=O) groups excluding carboxylic acids is 3. The SMILES string of the molecule is CNC(=O)c1cc(Oc2ccc(C(=O)NNC(=O)c3cccc(F)c3)cc2)ccn1. The number of hydrogen-bond donors (Lipinski definition) is 3. The lowest BCUT2D eigenvalue weighted by atomic mass is 10.2. The van der Waals surface area contributed by atoms with Crippen LogP contribution < -0.4 is 20.9 Å². The lowest BCUT2D eigenvalue weighted by Gasteiger charge is -2.09. The molecule has 0 spiro atoms. The van der Waals surface area contributed by atoms with Crippen molar-refractivity contribution < 1.29 is 23.5 Å². The van der Waals surface area contributed by atoms with Gasteiger partial charge >= 0.3 is 0 Å². The van der Waals surface area contributed by atoms with Crippen LogP contribution in [0.4, 0.5) is 4.39 Å². The molecule has 0 atom stereocenters. The highest BCUT2D eigenvalue weighted by Crippen LogP contribution is 2.22. The second kappa shape index (κ2) is 9.28. The van der Waals surface area contributed by atoms with Crippen LogP contribution in [0.15, 0.2) is 66.9 Å². The van der Waals surface area contributed by atoms with Gasteiger partial charge in [0.05, 0.1) is 0 Å². The molecule has 0 fully saturated rings. The second-order valence-electron chi connectivity index (χ2n) is 6.00. The van der Waals surface area contributed by atoms with E-state index < -0.39 is 17.6 Å². The summed E-state index contributed by atoms with van der Waals surface area (Å²) >= 11 is 0. The summed E-state index contributed by atoms with van der Waals surface area (Å²) < 4.78 is 18.8. The number of pyridine rings is 1. The molecule has 9 heteroatoms. The molecule has 3 rings (SSSR count). The summed E-state index contributed by atoms with van der Waals surface area (Å²) in [7, 11) is 1.50. The molecular weight excluding hydrogens is 391 g/mol. The van der Waals surface area contributed by atoms with E-state index in [0.717, 1.165) is 6.07 Å². The molecule has 3 aromatic rings. The van der Waals surface area contributed by atoms with Crippen LogP contribution in [0.2, 0.25) is 0 Å². The minimum absolute atomic E-state index is 0.0764. The van der Waals surface area contributed by atoms with Gasteiger partial charge in [-0.15, -0.1) is 0 Å². The topological polar surface area (TPSA) is 109 Å². The highest BCUT2D eigenvalue weighted by atomic mass is 19.1. The predicted octanol–water partition coefficient (Wildman–Crippen LogP) is 2.45. The Labute approximate surface area is 171 Å². The van der Waals surface area contributed by atoms with Crippen molar-refractivity contribution in [1.82, 2.24) is 21.2 Å². The van der Waals surface area contributed by atoms with Crippen LogP contribution >= 0.6 is 0 Å². The lowest BCUT2D eigenvalue weighted by Crippen LogP contribution is -2.41. The Morgan fingerprint density at radius 3 is 2.20 bits per heavy atom. The van der Waals surface area contributed by atoms with E-state index in [0.29, 0.717) is 11.5 Å². The van der Waals surface area contributed by atoms with Gasteiger partial charge in [-0.05, 0) is 48.5 Å². The number of benzene rings is 2. The number of nitrogens with one attached hydrogen (secondary N) is 3. The number of halogens is 1. The van der Waals surface area contributed by atoms with E-state index in [1.807, 2.05) is 0 Å². The van der Waals surface area contributed by atoms with E-state index in [1.54, 1.807) is 18.2 Å². The number of amides is 3. The van der Waals surface area contributed by atoms with Crippen molar-refractivity contribution in [3.05, 3.63) is 89.5 Å². The molecule has 8 nitrogen and oxygen atoms in total. The second-order valence-corrected chi connectivity index (χ2v) is 6.00. The van der Waals surface area contributed by atoms with E-state index in [1.165, 1.54) is 49.6 Å². The number of hydrogen-bond acceptors (Lipinski definition) is 5. The van der Waals surface area contributed by atoms with E-state index >= 15 is 0 Å². The minimum atomic E-state index is -0.646. The van der Waals surface area contributed by atoms with Gasteiger partial charge in [-0.2, -0.15) is 0 Å². The maximum Gasteiger partial charge on any atom is 0.269 e. The molecular formula is C21H17FN4O4. The molecule has 2 aromatic carbocycles. The van der Waals surface area contributed by atoms with Gasteiger partial charge in [-0.1, -0.05) is 6.07 Å². The quantitative estimate of drug-likeness (QED) is 0.562. The fourth-order valence-electron chi connectivity index (χ4n) is 2.42. The molecule has 0 unspecified atom stereocenters. The zero-order valence-corrected chi connectivity index (χ0v) is 15.8. The highest BCUT2D eigenvalue weighted by Gasteiger charge is 2.11. The molecule has 1 aromatic heterocycles. The Morgan fingerprint density at radius 2 is 1.53 bits per heavy atom. The third-order valence-corrected chi connectivity index (χ3v) is 3.92. The number of carbonyl (C=O) groups is 3. The summed E-state index contributed by atoms with van der Waals surface area (Å²) in [6, 6.07) is 14.3. The zero-order chi connectivity index (χ0) is 21.5. The average Bonchev–Trinajstić information content (AvgIpc) is 2.77. The largest absolute Gasteiger partial charge is 0.457 e. The molecule has 152 valence electrons. The van der Waals surface area contributed by atoms with Gasteiger partial charge in [0.25, 0.3) is 17.7 Å². The first kappa shape index (κ1) is 20.5. The Kier molecular flexibility index (Phi) is 6.33. The van der Waals surface area contributed by atoms with E-state index in [4.69, 9.17) is 4.74 Å². The fourth-order valence-corrected chi connectivity index (χ4v) is 2.42. The Balaban J connectivity index is 1.59. The molecule has 0 aliphatic rings. The first-order chi connectivity index (χ1) is 14.5. The van der Waals surface area contributed by atoms with Gasteiger partial charge in [-0.25, -0.2) is 4.39 Å². The predicted molar refractivity (Wildman–Crippen MR) is 105 cm³/mol. The monoisotopic (exact) mass is 408 g/mol. The standard InChI is InChI=1S/C21H17FN4O4/c1-23-21(29)18-12-17(9-10-24-18)30-16-7-5-13(6-8-16)19(27)25-26-20(28)14-3-2-4-15(22)11-14/h2-12H,1H3,(H,23,29)(H,25,27)(H,26,28). The number of ether oxygens (including phenoxy) is 1. The molecule has 0 bridgehead atoms. The summed E-state index contributed by atoms with van der Waals surface area (Å²) in [4.78, 5) is 39.7. The molecule has 3 N–H and O–H groups in total. The van der Waals surface area contributed by atoms with Crippen molar-refractivity contribution in [1.29, 1.82) is 0 Å². The van der Waals surface area contributed by atoms with Crippen LogP contribution in [0.1, 0.15) is 31.2 Å². The first-order valence-electron chi connectivity index (χ1n) is 8.78. The normalized spacial score (nSPS) is 10.1. The van der Waals surface area contributed by atoms with Gasteiger partial charge in [0, 0.05) is 30.4 Å². The van der Waals surface area contributed by atoms with Crippen molar-refractivity contribution in [2.45, 2.75) is 0 Å². The minimum Gasteiger partial charge on any atom is -0.457 e. The zero-order valence-electron chi connectivity index (χ0n) is 15.8. The number of hydrazine groups is 1. The van der Waals surface area contributed by atoms with Crippen molar-refractivity contribution in [2.24, 2.45) is 0 Å². The van der Waals surface area contributed by atoms with Crippen molar-refractivity contribution >= 4 is 17.7 Å². The van der Waals surface area contributed by atoms with E-state index in [9.17, 15) is 18.8 Å². The van der Waals surface area contributed by atoms with Crippen LogP contribution in [0.3, 0.4) is 0 Å². The number of rotatable bonds is 5. The molecule has 0 aliphatic heterocycles. The highest BCUT2D eigenvalue weighted by molar-refractivity contribution is 5.99. The average molecular weight is 408 g/mol. The van der Waals surface area contributed by atoms with Gasteiger partial charge in [0.1, 0.15) is 23.0 Å². The lowest BCUT2D eigenvalue weighted by molar-refractivity contribution is 0.0846. The summed E-state index contributed by atoms with van der Waals surface area (Å²) in [5, 5.41) is 2.48. The van der Waals surface area contributed by atoms with Crippen LogP contribution in [0.25, 0.3) is 0 Å². The van der Waals surface area contributed by atoms with Crippen LogP contribution in [-0.4, -0.2) is 29.8 Å². The third kappa shape index (κ3) is 5.16. The fraction of sp³-hybridized carbons (Fsp3) is 0.0476. The van der Waals surface area contributed by atoms with Crippen LogP contribution in [-0.2, 0) is 0 Å². The summed E-state index contributed by atoms with van der Waals surface area (Å²) in [5.41, 5.74) is 5.03. The molecule has 1 heterocycles. The van der Waals surface area contributed by atoms with Crippen molar-refractivity contribution in [3.8, 4) is 11.5 Å². The smallest absolute Gasteiger partial charge is 0.269 e. The van der Waals surface area contributed by atoms with Gasteiger partial charge in [0.15, 0.2) is 0 Å². The number of aromatic nitrogens is 1. The third-order valence-electron chi connectivity index (χ3n) is 3.92. The van der Waals surface area contributed by atoms with Crippen LogP contribution in [0, 0.1) is 5.82 Å². The molecule has 30 heavy (non-hydrogen) atoms. The van der Waals surface area contributed by atoms with Gasteiger partial charge in [-0.3, -0.25) is 30.2 Å². The maximum absolute atomic E-state index is 13.2. The molecule has 0 saturated heterocycles. The maximum atomic E-state index is 13.2. The first-order valence-corrected chi connectivity index (χ1v) is 8.78. The Morgan fingerprint density at radius 1 is 0.833 bits per heavy atom. The van der Waals surface area contributed by atoms with Crippen molar-refractivity contribution in [2.75, 3.05) is 7.05 Å². The summed E-state index contributed by atoms with van der Waals surface area (Å²) in [5.74, 6) is -1.26. The molecule has 0 aliphatic carbocycles. The summed E-state index contributed by atoms with van der Waals surface area (Å²) in [6.45, 7) is 0. The van der Waals surface area contributed by atoms with Crippen molar-refractivity contribution in [3.63, 3.8) is 0 Å². The van der Waals surface area contributed by atoms with Crippen LogP contribution in [0.5, 0.6) is 11.5 Å². The Bertz CT molecular complexity index is 1090.